The predicted molar refractivity (Wildman–Crippen MR) is 44.8 cm³/mol. The van der Waals surface area contributed by atoms with E-state index in [-0.39, 0.29) is 0 Å². The lowest BCUT2D eigenvalue weighted by Gasteiger charge is -2.05. The minimum Gasteiger partial charge on any atom is -0.503 e. The summed E-state index contributed by atoms with van der Waals surface area (Å²) in [6.45, 7) is 0. The van der Waals surface area contributed by atoms with Crippen LogP contribution in [-0.4, -0.2) is 25.3 Å². The van der Waals surface area contributed by atoms with Crippen molar-refractivity contribution in [3.63, 3.8) is 0 Å². The Labute approximate surface area is 81.6 Å². The fourth-order valence-corrected chi connectivity index (χ4v) is 1.01. The third kappa shape index (κ3) is 1.23. The standard InChI is InChI=1S/C6H4ClNO6/c7-1-3(9)2(8(13)14)5(11)6(12)4(1)10/h9-12H. The molecule has 8 heteroatoms. The number of nitro groups is 1. The lowest BCUT2D eigenvalue weighted by molar-refractivity contribution is -0.387. The van der Waals surface area contributed by atoms with Crippen LogP contribution < -0.4 is 0 Å². The van der Waals surface area contributed by atoms with Crippen LogP contribution in [0.15, 0.2) is 0 Å². The van der Waals surface area contributed by atoms with Gasteiger partial charge in [-0.15, -0.1) is 0 Å². The Morgan fingerprint density at radius 2 is 1.50 bits per heavy atom. The van der Waals surface area contributed by atoms with Crippen molar-refractivity contribution in [2.45, 2.75) is 0 Å². The average Bonchev–Trinajstić information content (AvgIpc) is 2.11. The summed E-state index contributed by atoms with van der Waals surface area (Å²) in [6, 6.07) is 0. The first-order valence-corrected chi connectivity index (χ1v) is 3.55. The van der Waals surface area contributed by atoms with Crippen LogP contribution in [0, 0.1) is 10.1 Å². The number of nitro benzene ring substituents is 1. The summed E-state index contributed by atoms with van der Waals surface area (Å²) in [5, 5.41) is 45.4. The zero-order valence-corrected chi connectivity index (χ0v) is 7.19. The van der Waals surface area contributed by atoms with Gasteiger partial charge in [-0.05, 0) is 0 Å². The van der Waals surface area contributed by atoms with E-state index in [1.54, 1.807) is 0 Å². The lowest BCUT2D eigenvalue weighted by Crippen LogP contribution is -1.90. The van der Waals surface area contributed by atoms with Gasteiger partial charge in [-0.2, -0.15) is 0 Å². The highest BCUT2D eigenvalue weighted by Gasteiger charge is 2.30. The molecule has 0 aliphatic rings. The fraction of sp³-hybridized carbons (Fsp3) is 0. The summed E-state index contributed by atoms with van der Waals surface area (Å²) in [6.07, 6.45) is 0. The van der Waals surface area contributed by atoms with Crippen LogP contribution in [0.2, 0.25) is 5.02 Å². The highest BCUT2D eigenvalue weighted by molar-refractivity contribution is 6.34. The summed E-state index contributed by atoms with van der Waals surface area (Å²) in [4.78, 5) is 9.15. The van der Waals surface area contributed by atoms with Gasteiger partial charge in [0.2, 0.25) is 17.2 Å². The Kier molecular flexibility index (Phi) is 2.26. The zero-order chi connectivity index (χ0) is 11.0. The van der Waals surface area contributed by atoms with Crippen LogP contribution in [0.25, 0.3) is 0 Å². The Morgan fingerprint density at radius 3 is 1.93 bits per heavy atom. The molecule has 1 aromatic carbocycles. The van der Waals surface area contributed by atoms with E-state index in [0.29, 0.717) is 0 Å². The first-order chi connectivity index (χ1) is 6.37. The average molecular weight is 222 g/mol. The van der Waals surface area contributed by atoms with Crippen LogP contribution in [0.1, 0.15) is 0 Å². The Morgan fingerprint density at radius 1 is 1.00 bits per heavy atom. The predicted octanol–water partition coefficient (Wildman–Crippen LogP) is 1.07. The molecule has 0 spiro atoms. The highest BCUT2D eigenvalue weighted by atomic mass is 35.5. The van der Waals surface area contributed by atoms with E-state index in [9.17, 15) is 10.1 Å². The maximum Gasteiger partial charge on any atom is 0.357 e. The maximum absolute atomic E-state index is 10.3. The van der Waals surface area contributed by atoms with Gasteiger partial charge >= 0.3 is 5.69 Å². The van der Waals surface area contributed by atoms with Gasteiger partial charge in [-0.3, -0.25) is 10.1 Å². The van der Waals surface area contributed by atoms with E-state index in [0.717, 1.165) is 0 Å². The number of rotatable bonds is 1. The zero-order valence-electron chi connectivity index (χ0n) is 6.43. The van der Waals surface area contributed by atoms with Crippen molar-refractivity contribution < 1.29 is 25.3 Å². The molecule has 76 valence electrons. The molecular formula is C6H4ClNO6. The molecule has 0 heterocycles. The van der Waals surface area contributed by atoms with Gasteiger partial charge in [-0.25, -0.2) is 0 Å². The monoisotopic (exact) mass is 221 g/mol. The van der Waals surface area contributed by atoms with Crippen LogP contribution in [0.5, 0.6) is 23.0 Å². The Balaban J connectivity index is 3.68. The molecule has 0 fully saturated rings. The van der Waals surface area contributed by atoms with Gasteiger partial charge in [0, 0.05) is 0 Å². The van der Waals surface area contributed by atoms with Gasteiger partial charge in [0.05, 0.1) is 4.92 Å². The van der Waals surface area contributed by atoms with Crippen molar-refractivity contribution in [2.24, 2.45) is 0 Å². The quantitative estimate of drug-likeness (QED) is 0.243. The molecule has 1 rings (SSSR count). The molecule has 0 saturated heterocycles. The van der Waals surface area contributed by atoms with E-state index in [1.165, 1.54) is 0 Å². The summed E-state index contributed by atoms with van der Waals surface area (Å²) < 4.78 is 0. The van der Waals surface area contributed by atoms with Crippen LogP contribution in [0.3, 0.4) is 0 Å². The number of benzene rings is 1. The number of halogens is 1. The highest BCUT2D eigenvalue weighted by Crippen LogP contribution is 2.52. The number of hydrogen-bond donors (Lipinski definition) is 4. The van der Waals surface area contributed by atoms with E-state index >= 15 is 0 Å². The van der Waals surface area contributed by atoms with Crippen LogP contribution in [0.4, 0.5) is 5.69 Å². The molecule has 4 N–H and O–H groups in total. The summed E-state index contributed by atoms with van der Waals surface area (Å²) in [5.41, 5.74) is -1.16. The number of phenolic OH excluding ortho intramolecular Hbond substituents is 4. The van der Waals surface area contributed by atoms with E-state index in [4.69, 9.17) is 32.0 Å². The molecule has 7 nitrogen and oxygen atoms in total. The molecule has 0 radical (unpaired) electrons. The van der Waals surface area contributed by atoms with E-state index in [2.05, 4.69) is 0 Å². The lowest BCUT2D eigenvalue weighted by atomic mass is 10.2. The Hall–Kier alpha value is -1.89. The number of phenols is 4. The number of hydrogen-bond acceptors (Lipinski definition) is 6. The van der Waals surface area contributed by atoms with Gasteiger partial charge < -0.3 is 20.4 Å². The number of nitrogens with zero attached hydrogens (tertiary/aromatic N) is 1. The molecule has 1 aromatic rings. The van der Waals surface area contributed by atoms with Gasteiger partial charge in [0.1, 0.15) is 5.02 Å². The third-order valence-corrected chi connectivity index (χ3v) is 1.85. The second-order valence-electron chi connectivity index (χ2n) is 2.31. The second-order valence-corrected chi connectivity index (χ2v) is 2.69. The maximum atomic E-state index is 10.3. The minimum absolute atomic E-state index is 0.799. The van der Waals surface area contributed by atoms with Gasteiger partial charge in [0.15, 0.2) is 5.75 Å². The molecule has 0 aromatic heterocycles. The molecule has 0 aliphatic heterocycles. The van der Waals surface area contributed by atoms with Crippen molar-refractivity contribution in [1.29, 1.82) is 0 Å². The van der Waals surface area contributed by atoms with Gasteiger partial charge in [0.25, 0.3) is 0 Å². The topological polar surface area (TPSA) is 124 Å². The molecular weight excluding hydrogens is 218 g/mol. The second kappa shape index (κ2) is 3.11. The number of aromatic hydroxyl groups is 4. The molecule has 0 unspecified atom stereocenters. The Bertz CT molecular complexity index is 388. The molecule has 0 bridgehead atoms. The smallest absolute Gasteiger partial charge is 0.357 e. The molecule has 0 aliphatic carbocycles. The van der Waals surface area contributed by atoms with Crippen LogP contribution >= 0.6 is 11.6 Å². The summed E-state index contributed by atoms with van der Waals surface area (Å²) in [5.74, 6) is -4.52. The van der Waals surface area contributed by atoms with Crippen molar-refractivity contribution in [1.82, 2.24) is 0 Å². The third-order valence-electron chi connectivity index (χ3n) is 1.50. The largest absolute Gasteiger partial charge is 0.503 e. The molecule has 0 amide bonds. The van der Waals surface area contributed by atoms with Crippen LogP contribution in [-0.2, 0) is 0 Å². The summed E-state index contributed by atoms with van der Waals surface area (Å²) in [7, 11) is 0. The molecule has 14 heavy (non-hydrogen) atoms. The fourth-order valence-electron chi connectivity index (χ4n) is 0.829. The normalized spacial score (nSPS) is 10.1. The van der Waals surface area contributed by atoms with E-state index in [1.807, 2.05) is 0 Å². The first-order valence-electron chi connectivity index (χ1n) is 3.17. The summed E-state index contributed by atoms with van der Waals surface area (Å²) >= 11 is 5.23. The van der Waals surface area contributed by atoms with Crippen molar-refractivity contribution in [2.75, 3.05) is 0 Å². The van der Waals surface area contributed by atoms with Crippen molar-refractivity contribution in [3.8, 4) is 23.0 Å². The van der Waals surface area contributed by atoms with Crippen molar-refractivity contribution >= 4 is 17.3 Å². The SMILES string of the molecule is O=[N+]([O-])c1c(O)c(O)c(O)c(Cl)c1O. The molecule has 0 saturated carbocycles. The first kappa shape index (κ1) is 10.2. The minimum atomic E-state index is -1.24. The van der Waals surface area contributed by atoms with Gasteiger partial charge in [-0.1, -0.05) is 11.6 Å². The molecule has 0 atom stereocenters. The van der Waals surface area contributed by atoms with Crippen molar-refractivity contribution in [3.05, 3.63) is 15.1 Å². The van der Waals surface area contributed by atoms with E-state index < -0.39 is 38.6 Å².